The topological polar surface area (TPSA) is 70.7 Å². The fourth-order valence-corrected chi connectivity index (χ4v) is 4.80. The van der Waals surface area contributed by atoms with Crippen molar-refractivity contribution in [1.82, 2.24) is 15.5 Å². The Labute approximate surface area is 193 Å². The Morgan fingerprint density at radius 2 is 1.78 bits per heavy atom. The van der Waals surface area contributed by atoms with Crippen molar-refractivity contribution in [2.45, 2.75) is 25.3 Å². The highest BCUT2D eigenvalue weighted by Gasteiger charge is 2.35. The van der Waals surface area contributed by atoms with Crippen LogP contribution < -0.4 is 10.6 Å². The first-order valence-corrected chi connectivity index (χ1v) is 11.3. The number of piperidine rings is 1. The Morgan fingerprint density at radius 3 is 2.47 bits per heavy atom. The van der Waals surface area contributed by atoms with Crippen molar-refractivity contribution in [2.75, 3.05) is 26.7 Å². The van der Waals surface area contributed by atoms with Gasteiger partial charge in [-0.2, -0.15) is 0 Å². The zero-order valence-electron chi connectivity index (χ0n) is 18.1. The first-order chi connectivity index (χ1) is 15.5. The van der Waals surface area contributed by atoms with E-state index in [9.17, 15) is 9.59 Å². The summed E-state index contributed by atoms with van der Waals surface area (Å²) in [6.07, 6.45) is 3.24. The maximum absolute atomic E-state index is 12.7. The number of likely N-dealkylation sites (tertiary alicyclic amines) is 1. The summed E-state index contributed by atoms with van der Waals surface area (Å²) in [7, 11) is 1.35. The number of carbonyl (C=O) groups excluding carboxylic acids is 2. The predicted octanol–water partition coefficient (Wildman–Crippen LogP) is 4.08. The Hall–Kier alpha value is -2.83. The average Bonchev–Trinajstić information content (AvgIpc) is 2.80. The van der Waals surface area contributed by atoms with E-state index in [0.717, 1.165) is 32.4 Å². The summed E-state index contributed by atoms with van der Waals surface area (Å²) in [5.41, 5.74) is 3.01. The van der Waals surface area contributed by atoms with Crippen LogP contribution in [0, 0.1) is 5.92 Å². The zero-order chi connectivity index (χ0) is 22.5. The first kappa shape index (κ1) is 22.4. The van der Waals surface area contributed by atoms with Gasteiger partial charge in [-0.3, -0.25) is 4.90 Å². The van der Waals surface area contributed by atoms with Gasteiger partial charge in [-0.15, -0.1) is 0 Å². The molecule has 2 heterocycles. The number of hydrogen-bond acceptors (Lipinski definition) is 4. The quantitative estimate of drug-likeness (QED) is 0.647. The lowest BCUT2D eigenvalue weighted by atomic mass is 9.89. The molecule has 4 rings (SSSR count). The van der Waals surface area contributed by atoms with Crippen molar-refractivity contribution in [3.05, 3.63) is 82.0 Å². The molecule has 2 amide bonds. The third-order valence-corrected chi connectivity index (χ3v) is 6.58. The molecule has 1 fully saturated rings. The van der Waals surface area contributed by atoms with Gasteiger partial charge in [-0.1, -0.05) is 60.1 Å². The third-order valence-electron chi connectivity index (χ3n) is 6.23. The van der Waals surface area contributed by atoms with Crippen LogP contribution in [-0.4, -0.2) is 43.6 Å². The summed E-state index contributed by atoms with van der Waals surface area (Å²) in [4.78, 5) is 27.5. The number of hydrogen-bond donors (Lipinski definition) is 2. The number of methoxy groups -OCH3 is 1. The molecule has 0 radical (unpaired) electrons. The molecule has 6 nitrogen and oxygen atoms in total. The number of nitrogens with zero attached hydrogens (tertiary/aromatic N) is 1. The van der Waals surface area contributed by atoms with Crippen molar-refractivity contribution < 1.29 is 14.3 Å². The number of ether oxygens (including phenoxy) is 1. The van der Waals surface area contributed by atoms with E-state index in [2.05, 4.69) is 39.8 Å². The van der Waals surface area contributed by atoms with Crippen LogP contribution in [0.1, 0.15) is 30.0 Å². The maximum atomic E-state index is 12.7. The lowest BCUT2D eigenvalue weighted by Gasteiger charge is -2.35. The number of carbonyl (C=O) groups is 2. The predicted molar refractivity (Wildman–Crippen MR) is 124 cm³/mol. The second-order valence-corrected chi connectivity index (χ2v) is 8.75. The number of halogens is 1. The van der Waals surface area contributed by atoms with Crippen LogP contribution in [-0.2, 0) is 16.0 Å². The van der Waals surface area contributed by atoms with Crippen LogP contribution in [0.4, 0.5) is 4.79 Å². The molecule has 2 N–H and O–H groups in total. The molecular weight excluding hydrogens is 426 g/mol. The van der Waals surface area contributed by atoms with Gasteiger partial charge in [0.25, 0.3) is 0 Å². The SMILES string of the molecule is COC(=O)C1=C(CN2CCC(Cc3ccccc3)CC2)NC(=O)N[C@@H]1c1ccccc1Cl. The van der Waals surface area contributed by atoms with Crippen LogP contribution in [0.3, 0.4) is 0 Å². The van der Waals surface area contributed by atoms with Crippen LogP contribution >= 0.6 is 11.6 Å². The summed E-state index contributed by atoms with van der Waals surface area (Å²) in [6, 6.07) is 16.8. The molecule has 0 aliphatic carbocycles. The van der Waals surface area contributed by atoms with Gasteiger partial charge in [0.15, 0.2) is 0 Å². The van der Waals surface area contributed by atoms with E-state index < -0.39 is 12.0 Å². The fourth-order valence-electron chi connectivity index (χ4n) is 4.56. The number of urea groups is 1. The molecule has 1 atom stereocenters. The number of benzene rings is 2. The Kier molecular flexibility index (Phi) is 7.12. The second-order valence-electron chi connectivity index (χ2n) is 8.35. The number of amides is 2. The van der Waals surface area contributed by atoms with E-state index in [1.807, 2.05) is 24.3 Å². The molecule has 1 saturated heterocycles. The van der Waals surface area contributed by atoms with Gasteiger partial charge in [0.1, 0.15) is 0 Å². The van der Waals surface area contributed by atoms with Gasteiger partial charge in [-0.25, -0.2) is 9.59 Å². The van der Waals surface area contributed by atoms with Crippen LogP contribution in [0.2, 0.25) is 5.02 Å². The highest BCUT2D eigenvalue weighted by atomic mass is 35.5. The molecule has 168 valence electrons. The number of esters is 1. The van der Waals surface area contributed by atoms with E-state index in [0.29, 0.717) is 34.3 Å². The van der Waals surface area contributed by atoms with Crippen molar-refractivity contribution in [3.8, 4) is 0 Å². The van der Waals surface area contributed by atoms with Gasteiger partial charge in [0, 0.05) is 17.3 Å². The minimum Gasteiger partial charge on any atom is -0.466 e. The number of rotatable bonds is 6. The molecule has 0 unspecified atom stereocenters. The lowest BCUT2D eigenvalue weighted by molar-refractivity contribution is -0.136. The summed E-state index contributed by atoms with van der Waals surface area (Å²) in [5, 5.41) is 6.16. The Balaban J connectivity index is 1.51. The van der Waals surface area contributed by atoms with Gasteiger partial charge in [0.2, 0.25) is 0 Å². The molecule has 0 spiro atoms. The largest absolute Gasteiger partial charge is 0.466 e. The van der Waals surface area contributed by atoms with Crippen molar-refractivity contribution in [2.24, 2.45) is 5.92 Å². The molecule has 2 aromatic rings. The van der Waals surface area contributed by atoms with Crippen LogP contribution in [0.25, 0.3) is 0 Å². The molecule has 2 aromatic carbocycles. The zero-order valence-corrected chi connectivity index (χ0v) is 18.9. The summed E-state index contributed by atoms with van der Waals surface area (Å²) < 4.78 is 5.07. The maximum Gasteiger partial charge on any atom is 0.338 e. The van der Waals surface area contributed by atoms with Crippen LogP contribution in [0.5, 0.6) is 0 Å². The van der Waals surface area contributed by atoms with E-state index in [1.54, 1.807) is 6.07 Å². The van der Waals surface area contributed by atoms with Gasteiger partial charge >= 0.3 is 12.0 Å². The van der Waals surface area contributed by atoms with E-state index in [1.165, 1.54) is 12.7 Å². The Morgan fingerprint density at radius 1 is 1.09 bits per heavy atom. The summed E-state index contributed by atoms with van der Waals surface area (Å²) in [6.45, 7) is 2.31. The highest BCUT2D eigenvalue weighted by molar-refractivity contribution is 6.31. The van der Waals surface area contributed by atoms with Gasteiger partial charge < -0.3 is 15.4 Å². The minimum absolute atomic E-state index is 0.350. The van der Waals surface area contributed by atoms with Gasteiger partial charge in [0.05, 0.1) is 18.7 Å². The molecule has 0 saturated carbocycles. The molecule has 32 heavy (non-hydrogen) atoms. The lowest BCUT2D eigenvalue weighted by Crippen LogP contribution is -2.49. The monoisotopic (exact) mass is 453 g/mol. The van der Waals surface area contributed by atoms with Crippen molar-refractivity contribution in [3.63, 3.8) is 0 Å². The highest BCUT2D eigenvalue weighted by Crippen LogP contribution is 2.32. The van der Waals surface area contributed by atoms with Crippen molar-refractivity contribution >= 4 is 23.6 Å². The summed E-state index contributed by atoms with van der Waals surface area (Å²) in [5.74, 6) is 0.164. The molecule has 7 heteroatoms. The molecular formula is C25H28ClN3O3. The normalized spacial score (nSPS) is 19.9. The second kappa shape index (κ2) is 10.2. The smallest absolute Gasteiger partial charge is 0.338 e. The fraction of sp³-hybridized carbons (Fsp3) is 0.360. The summed E-state index contributed by atoms with van der Waals surface area (Å²) >= 11 is 6.38. The van der Waals surface area contributed by atoms with E-state index in [-0.39, 0.29) is 6.03 Å². The molecule has 2 aliphatic heterocycles. The van der Waals surface area contributed by atoms with Crippen molar-refractivity contribution in [1.29, 1.82) is 0 Å². The molecule has 2 aliphatic rings. The first-order valence-electron chi connectivity index (χ1n) is 10.9. The molecule has 0 bridgehead atoms. The minimum atomic E-state index is -0.657. The van der Waals surface area contributed by atoms with Crippen LogP contribution in [0.15, 0.2) is 65.9 Å². The van der Waals surface area contributed by atoms with E-state index >= 15 is 0 Å². The Bertz CT molecular complexity index is 1000. The third kappa shape index (κ3) is 5.14. The van der Waals surface area contributed by atoms with Gasteiger partial charge in [-0.05, 0) is 55.5 Å². The standard InChI is InChI=1S/C25H28ClN3O3/c1-32-24(30)22-21(27-25(31)28-23(22)19-9-5-6-10-20(19)26)16-29-13-11-18(12-14-29)15-17-7-3-2-4-8-17/h2-10,18,23H,11-16H2,1H3,(H2,27,28,31)/t23-/m1/s1. The van der Waals surface area contributed by atoms with E-state index in [4.69, 9.17) is 16.3 Å². The number of nitrogens with one attached hydrogen (secondary N) is 2. The average molecular weight is 454 g/mol. The molecule has 0 aromatic heterocycles.